The van der Waals surface area contributed by atoms with Crippen molar-refractivity contribution in [3.8, 4) is 22.8 Å². The Balaban J connectivity index is 1.90. The normalized spacial score (nSPS) is 10.6. The van der Waals surface area contributed by atoms with E-state index in [0.717, 1.165) is 21.9 Å². The number of esters is 1. The van der Waals surface area contributed by atoms with Crippen LogP contribution in [0.1, 0.15) is 10.4 Å². The highest BCUT2D eigenvalue weighted by molar-refractivity contribution is 6.04. The van der Waals surface area contributed by atoms with Crippen molar-refractivity contribution in [3.63, 3.8) is 0 Å². The number of methoxy groups -OCH3 is 1. The number of hydrogen-bond acceptors (Lipinski definition) is 5. The van der Waals surface area contributed by atoms with Crippen LogP contribution in [-0.4, -0.2) is 18.1 Å². The number of nitrogens with zero attached hydrogens (tertiary/aromatic N) is 1. The van der Waals surface area contributed by atoms with Crippen molar-refractivity contribution in [1.82, 2.24) is 4.98 Å². The van der Waals surface area contributed by atoms with E-state index in [1.807, 2.05) is 42.5 Å². The lowest BCUT2D eigenvalue weighted by atomic mass is 9.99. The Bertz CT molecular complexity index is 1160. The number of ether oxygens (including phenoxy) is 2. The molecule has 0 radical (unpaired) electrons. The lowest BCUT2D eigenvalue weighted by molar-refractivity contribution is 0.0737. The zero-order valence-electron chi connectivity index (χ0n) is 15.3. The molecule has 0 aliphatic rings. The summed E-state index contributed by atoms with van der Waals surface area (Å²) in [6, 6.07) is 21.8. The summed E-state index contributed by atoms with van der Waals surface area (Å²) in [6.07, 6.45) is 1.70. The molecule has 0 aliphatic carbocycles. The van der Waals surface area contributed by atoms with Crippen LogP contribution >= 0.6 is 0 Å². The number of nitrogens with two attached hydrogens (primary N) is 1. The van der Waals surface area contributed by atoms with Crippen molar-refractivity contribution in [3.05, 3.63) is 84.6 Å². The van der Waals surface area contributed by atoms with Crippen molar-refractivity contribution in [2.24, 2.45) is 0 Å². The molecule has 1 aromatic heterocycles. The monoisotopic (exact) mass is 370 g/mol. The molecule has 0 spiro atoms. The molecule has 4 aromatic rings. The van der Waals surface area contributed by atoms with Crippen LogP contribution in [0.2, 0.25) is 0 Å². The Labute approximate surface area is 162 Å². The number of pyridine rings is 1. The van der Waals surface area contributed by atoms with E-state index in [4.69, 9.17) is 15.2 Å². The van der Waals surface area contributed by atoms with E-state index >= 15 is 0 Å². The molecule has 0 saturated carbocycles. The first-order chi connectivity index (χ1) is 13.7. The standard InChI is InChI=1S/C23H18N2O3/c1-27-22-18-11-6-12-20(28-23(26)15-7-3-2-4-8-15)21(18)19(14-25-22)16-9-5-10-17(24)13-16/h2-14H,24H2,1H3. The van der Waals surface area contributed by atoms with Gasteiger partial charge in [-0.2, -0.15) is 0 Å². The second-order valence-corrected chi connectivity index (χ2v) is 6.24. The summed E-state index contributed by atoms with van der Waals surface area (Å²) in [7, 11) is 1.56. The first kappa shape index (κ1) is 17.5. The van der Waals surface area contributed by atoms with Crippen LogP contribution in [0.3, 0.4) is 0 Å². The molecule has 0 amide bonds. The van der Waals surface area contributed by atoms with E-state index in [9.17, 15) is 4.79 Å². The first-order valence-electron chi connectivity index (χ1n) is 8.76. The summed E-state index contributed by atoms with van der Waals surface area (Å²) in [6.45, 7) is 0. The maximum absolute atomic E-state index is 12.6. The minimum absolute atomic E-state index is 0.428. The fourth-order valence-corrected chi connectivity index (χ4v) is 3.15. The average Bonchev–Trinajstić information content (AvgIpc) is 2.73. The molecule has 5 nitrogen and oxygen atoms in total. The molecule has 0 fully saturated rings. The lowest BCUT2D eigenvalue weighted by Gasteiger charge is -2.14. The second-order valence-electron chi connectivity index (χ2n) is 6.24. The van der Waals surface area contributed by atoms with Crippen molar-refractivity contribution >= 4 is 22.4 Å². The number of fused-ring (bicyclic) bond motifs is 1. The highest BCUT2D eigenvalue weighted by atomic mass is 16.5. The molecule has 138 valence electrons. The van der Waals surface area contributed by atoms with Gasteiger partial charge in [-0.1, -0.05) is 36.4 Å². The highest BCUT2D eigenvalue weighted by Crippen LogP contribution is 2.39. The van der Waals surface area contributed by atoms with Crippen LogP contribution < -0.4 is 15.2 Å². The van der Waals surface area contributed by atoms with Gasteiger partial charge in [-0.15, -0.1) is 0 Å². The van der Waals surface area contributed by atoms with Crippen LogP contribution in [0.15, 0.2) is 79.0 Å². The van der Waals surface area contributed by atoms with Gasteiger partial charge in [0.2, 0.25) is 5.88 Å². The smallest absolute Gasteiger partial charge is 0.343 e. The molecule has 5 heteroatoms. The van der Waals surface area contributed by atoms with Gasteiger partial charge in [0.05, 0.1) is 12.7 Å². The summed E-state index contributed by atoms with van der Waals surface area (Å²) in [5.41, 5.74) is 8.76. The summed E-state index contributed by atoms with van der Waals surface area (Å²) in [5, 5.41) is 1.49. The van der Waals surface area contributed by atoms with E-state index in [1.54, 1.807) is 43.6 Å². The summed E-state index contributed by atoms with van der Waals surface area (Å²) < 4.78 is 11.2. The maximum Gasteiger partial charge on any atom is 0.343 e. The van der Waals surface area contributed by atoms with Gasteiger partial charge in [-0.25, -0.2) is 9.78 Å². The molecule has 0 saturated heterocycles. The Morgan fingerprint density at radius 2 is 1.75 bits per heavy atom. The van der Waals surface area contributed by atoms with Crippen LogP contribution in [-0.2, 0) is 0 Å². The number of aromatic nitrogens is 1. The van der Waals surface area contributed by atoms with E-state index in [2.05, 4.69) is 4.98 Å². The predicted octanol–water partition coefficient (Wildman–Crippen LogP) is 4.71. The summed E-state index contributed by atoms with van der Waals surface area (Å²) in [5.74, 6) is 0.465. The topological polar surface area (TPSA) is 74.4 Å². The SMILES string of the molecule is COc1ncc(-c2cccc(N)c2)c2c(OC(=O)c3ccccc3)cccc12. The number of rotatable bonds is 4. The molecular formula is C23H18N2O3. The van der Waals surface area contributed by atoms with Gasteiger partial charge in [0.15, 0.2) is 0 Å². The number of carbonyl (C=O) groups excluding carboxylic acids is 1. The quantitative estimate of drug-likeness (QED) is 0.320. The summed E-state index contributed by atoms with van der Waals surface area (Å²) >= 11 is 0. The minimum Gasteiger partial charge on any atom is -0.481 e. The molecule has 0 bridgehead atoms. The fraction of sp³-hybridized carbons (Fsp3) is 0.0435. The van der Waals surface area contributed by atoms with Gasteiger partial charge in [-0.05, 0) is 42.0 Å². The third-order valence-corrected chi connectivity index (χ3v) is 4.44. The Kier molecular flexibility index (Phi) is 4.64. The van der Waals surface area contributed by atoms with Gasteiger partial charge in [0.25, 0.3) is 0 Å². The zero-order valence-corrected chi connectivity index (χ0v) is 15.3. The third-order valence-electron chi connectivity index (χ3n) is 4.44. The highest BCUT2D eigenvalue weighted by Gasteiger charge is 2.17. The molecule has 1 heterocycles. The maximum atomic E-state index is 12.6. The van der Waals surface area contributed by atoms with Crippen LogP contribution in [0.4, 0.5) is 5.69 Å². The van der Waals surface area contributed by atoms with E-state index in [1.165, 1.54) is 0 Å². The Morgan fingerprint density at radius 3 is 2.50 bits per heavy atom. The van der Waals surface area contributed by atoms with Crippen molar-refractivity contribution < 1.29 is 14.3 Å². The van der Waals surface area contributed by atoms with Crippen molar-refractivity contribution in [2.45, 2.75) is 0 Å². The largest absolute Gasteiger partial charge is 0.481 e. The van der Waals surface area contributed by atoms with Crippen molar-refractivity contribution in [1.29, 1.82) is 0 Å². The van der Waals surface area contributed by atoms with Crippen LogP contribution in [0.25, 0.3) is 21.9 Å². The summed E-state index contributed by atoms with van der Waals surface area (Å²) in [4.78, 5) is 17.0. The van der Waals surface area contributed by atoms with E-state index in [0.29, 0.717) is 22.9 Å². The molecular weight excluding hydrogens is 352 g/mol. The molecule has 3 aromatic carbocycles. The van der Waals surface area contributed by atoms with Crippen LogP contribution in [0.5, 0.6) is 11.6 Å². The number of anilines is 1. The molecule has 0 aliphatic heterocycles. The zero-order chi connectivity index (χ0) is 19.5. The van der Waals surface area contributed by atoms with Gasteiger partial charge >= 0.3 is 5.97 Å². The Hall–Kier alpha value is -3.86. The first-order valence-corrected chi connectivity index (χ1v) is 8.76. The molecule has 0 unspecified atom stereocenters. The molecule has 0 atom stereocenters. The number of hydrogen-bond donors (Lipinski definition) is 1. The van der Waals surface area contributed by atoms with Crippen LogP contribution in [0, 0.1) is 0 Å². The lowest BCUT2D eigenvalue weighted by Crippen LogP contribution is -2.08. The third kappa shape index (κ3) is 3.25. The number of benzene rings is 3. The molecule has 28 heavy (non-hydrogen) atoms. The average molecular weight is 370 g/mol. The van der Waals surface area contributed by atoms with Gasteiger partial charge in [0, 0.05) is 28.2 Å². The van der Waals surface area contributed by atoms with Gasteiger partial charge < -0.3 is 15.2 Å². The molecule has 2 N–H and O–H groups in total. The van der Waals surface area contributed by atoms with Gasteiger partial charge in [-0.3, -0.25) is 0 Å². The fourth-order valence-electron chi connectivity index (χ4n) is 3.15. The Morgan fingerprint density at radius 1 is 0.964 bits per heavy atom. The predicted molar refractivity (Wildman–Crippen MR) is 110 cm³/mol. The number of nitrogen functional groups attached to an aromatic ring is 1. The molecule has 4 rings (SSSR count). The second kappa shape index (κ2) is 7.40. The minimum atomic E-state index is -0.428. The van der Waals surface area contributed by atoms with Gasteiger partial charge in [0.1, 0.15) is 5.75 Å². The van der Waals surface area contributed by atoms with Crippen molar-refractivity contribution in [2.75, 3.05) is 12.8 Å². The van der Waals surface area contributed by atoms with E-state index in [-0.39, 0.29) is 0 Å². The number of carbonyl (C=O) groups is 1. The van der Waals surface area contributed by atoms with E-state index < -0.39 is 5.97 Å².